The molecule has 7 heteroatoms. The second-order valence-corrected chi connectivity index (χ2v) is 5.81. The van der Waals surface area contributed by atoms with Crippen LogP contribution in [0.25, 0.3) is 0 Å². The summed E-state index contributed by atoms with van der Waals surface area (Å²) in [6.07, 6.45) is -0.447. The third-order valence-electron chi connectivity index (χ3n) is 4.06. The maximum atomic E-state index is 12.4. The van der Waals surface area contributed by atoms with Crippen LogP contribution in [0.2, 0.25) is 0 Å². The van der Waals surface area contributed by atoms with Crippen molar-refractivity contribution in [2.24, 2.45) is 0 Å². The Kier molecular flexibility index (Phi) is 4.71. The molecular weight excluding hydrogens is 340 g/mol. The smallest absolute Gasteiger partial charge is 0.311 e. The summed E-state index contributed by atoms with van der Waals surface area (Å²) in [7, 11) is 1.46. The minimum atomic E-state index is -0.652. The van der Waals surface area contributed by atoms with Gasteiger partial charge >= 0.3 is 5.97 Å². The highest BCUT2D eigenvalue weighted by Gasteiger charge is 2.31. The van der Waals surface area contributed by atoms with Crippen LogP contribution in [0.3, 0.4) is 0 Å². The number of benzene rings is 2. The molecule has 0 saturated carbocycles. The van der Waals surface area contributed by atoms with E-state index in [1.807, 2.05) is 0 Å². The number of fused-ring (bicyclic) bond motifs is 1. The second kappa shape index (κ2) is 6.95. The standard InChI is InChI=1S/C19H18O7/c1-3-18(23)26-16-6-10(4-5-14(16)24-2)15-9-13(22)19-12(21)7-11(20)8-17(19)25-15/h4-8,15,20-21H,3,9H2,1-2H3. The van der Waals surface area contributed by atoms with E-state index in [1.165, 1.54) is 13.2 Å². The number of carbonyl (C=O) groups excluding carboxylic acids is 2. The Morgan fingerprint density at radius 2 is 2.00 bits per heavy atom. The van der Waals surface area contributed by atoms with Gasteiger partial charge in [-0.2, -0.15) is 0 Å². The van der Waals surface area contributed by atoms with Crippen molar-refractivity contribution in [1.82, 2.24) is 0 Å². The van der Waals surface area contributed by atoms with Crippen molar-refractivity contribution in [1.29, 1.82) is 0 Å². The average Bonchev–Trinajstić information content (AvgIpc) is 2.60. The molecule has 1 aliphatic rings. The van der Waals surface area contributed by atoms with Crippen LogP contribution in [-0.4, -0.2) is 29.1 Å². The number of carbonyl (C=O) groups is 2. The van der Waals surface area contributed by atoms with Gasteiger partial charge < -0.3 is 24.4 Å². The third-order valence-corrected chi connectivity index (χ3v) is 4.06. The Labute approximate surface area is 149 Å². The molecular formula is C19H18O7. The van der Waals surface area contributed by atoms with Crippen molar-refractivity contribution >= 4 is 11.8 Å². The lowest BCUT2D eigenvalue weighted by molar-refractivity contribution is -0.134. The fourth-order valence-corrected chi connectivity index (χ4v) is 2.78. The van der Waals surface area contributed by atoms with Crippen LogP contribution in [0.15, 0.2) is 30.3 Å². The molecule has 0 amide bonds. The van der Waals surface area contributed by atoms with Crippen LogP contribution >= 0.6 is 0 Å². The van der Waals surface area contributed by atoms with Crippen molar-refractivity contribution in [2.75, 3.05) is 7.11 Å². The summed E-state index contributed by atoms with van der Waals surface area (Å²) < 4.78 is 16.2. The number of esters is 1. The number of ketones is 1. The number of aromatic hydroxyl groups is 2. The largest absolute Gasteiger partial charge is 0.508 e. The maximum absolute atomic E-state index is 12.4. The number of Topliss-reactive ketones (excluding diaryl/α,β-unsaturated/α-hetero) is 1. The van der Waals surface area contributed by atoms with E-state index in [0.717, 1.165) is 6.07 Å². The van der Waals surface area contributed by atoms with Gasteiger partial charge in [0.25, 0.3) is 0 Å². The summed E-state index contributed by atoms with van der Waals surface area (Å²) >= 11 is 0. The predicted molar refractivity (Wildman–Crippen MR) is 91.0 cm³/mol. The van der Waals surface area contributed by atoms with Gasteiger partial charge in [-0.25, -0.2) is 0 Å². The van der Waals surface area contributed by atoms with Crippen LogP contribution in [0.4, 0.5) is 0 Å². The topological polar surface area (TPSA) is 102 Å². The molecule has 0 fully saturated rings. The number of ether oxygens (including phenoxy) is 3. The molecule has 7 nitrogen and oxygen atoms in total. The zero-order valence-corrected chi connectivity index (χ0v) is 14.3. The van der Waals surface area contributed by atoms with Gasteiger partial charge in [0, 0.05) is 18.6 Å². The number of hydrogen-bond donors (Lipinski definition) is 2. The highest BCUT2D eigenvalue weighted by Crippen LogP contribution is 2.42. The molecule has 1 atom stereocenters. The van der Waals surface area contributed by atoms with E-state index in [4.69, 9.17) is 14.2 Å². The van der Waals surface area contributed by atoms with Gasteiger partial charge in [-0.1, -0.05) is 13.0 Å². The Hall–Kier alpha value is -3.22. The lowest BCUT2D eigenvalue weighted by Crippen LogP contribution is -2.20. The Morgan fingerprint density at radius 3 is 2.69 bits per heavy atom. The quantitative estimate of drug-likeness (QED) is 0.639. The first-order valence-corrected chi connectivity index (χ1v) is 8.07. The molecule has 0 spiro atoms. The van der Waals surface area contributed by atoms with Gasteiger partial charge in [0.1, 0.15) is 28.9 Å². The van der Waals surface area contributed by atoms with E-state index in [1.54, 1.807) is 25.1 Å². The van der Waals surface area contributed by atoms with Gasteiger partial charge in [-0.15, -0.1) is 0 Å². The molecule has 0 radical (unpaired) electrons. The van der Waals surface area contributed by atoms with E-state index in [2.05, 4.69) is 0 Å². The normalized spacial score (nSPS) is 15.8. The molecule has 26 heavy (non-hydrogen) atoms. The van der Waals surface area contributed by atoms with Crippen molar-refractivity contribution in [3.8, 4) is 28.7 Å². The van der Waals surface area contributed by atoms with Crippen LogP contribution in [0.5, 0.6) is 28.7 Å². The zero-order valence-electron chi connectivity index (χ0n) is 14.3. The summed E-state index contributed by atoms with van der Waals surface area (Å²) in [6, 6.07) is 7.28. The summed E-state index contributed by atoms with van der Waals surface area (Å²) in [6.45, 7) is 1.68. The first-order chi connectivity index (χ1) is 12.4. The zero-order chi connectivity index (χ0) is 18.8. The van der Waals surface area contributed by atoms with E-state index < -0.39 is 12.1 Å². The molecule has 0 bridgehead atoms. The summed E-state index contributed by atoms with van der Waals surface area (Å²) in [5, 5.41) is 19.5. The summed E-state index contributed by atoms with van der Waals surface area (Å²) in [5.74, 6) is -0.534. The van der Waals surface area contributed by atoms with Gasteiger partial charge in [-0.3, -0.25) is 9.59 Å². The maximum Gasteiger partial charge on any atom is 0.311 e. The molecule has 1 heterocycles. The lowest BCUT2D eigenvalue weighted by atomic mass is 9.95. The first kappa shape index (κ1) is 17.6. The van der Waals surface area contributed by atoms with Gasteiger partial charge in [0.05, 0.1) is 13.5 Å². The number of hydrogen-bond acceptors (Lipinski definition) is 7. The summed E-state index contributed by atoms with van der Waals surface area (Å²) in [5.41, 5.74) is 0.650. The van der Waals surface area contributed by atoms with Crippen molar-refractivity contribution < 1.29 is 34.0 Å². The number of rotatable bonds is 4. The Bertz CT molecular complexity index is 872. The molecule has 0 saturated heterocycles. The molecule has 1 aliphatic heterocycles. The molecule has 2 aromatic rings. The fourth-order valence-electron chi connectivity index (χ4n) is 2.78. The number of phenolic OH excluding ortho intramolecular Hbond substituents is 2. The Balaban J connectivity index is 1.96. The van der Waals surface area contributed by atoms with Crippen molar-refractivity contribution in [3.05, 3.63) is 41.5 Å². The SMILES string of the molecule is CCC(=O)Oc1cc(C2CC(=O)c3c(O)cc(O)cc3O2)ccc1OC. The van der Waals surface area contributed by atoms with Crippen LogP contribution < -0.4 is 14.2 Å². The molecule has 0 aliphatic carbocycles. The van der Waals surface area contributed by atoms with Crippen LogP contribution in [0.1, 0.15) is 41.8 Å². The minimum Gasteiger partial charge on any atom is -0.508 e. The van der Waals surface area contributed by atoms with E-state index >= 15 is 0 Å². The Morgan fingerprint density at radius 1 is 1.23 bits per heavy atom. The number of phenols is 2. The lowest BCUT2D eigenvalue weighted by Gasteiger charge is -2.26. The fraction of sp³-hybridized carbons (Fsp3) is 0.263. The third kappa shape index (κ3) is 3.28. The van der Waals surface area contributed by atoms with Crippen molar-refractivity contribution in [3.63, 3.8) is 0 Å². The van der Waals surface area contributed by atoms with Gasteiger partial charge in [0.15, 0.2) is 17.3 Å². The molecule has 0 aromatic heterocycles. The monoisotopic (exact) mass is 358 g/mol. The highest BCUT2D eigenvalue weighted by atomic mass is 16.6. The minimum absolute atomic E-state index is 0.00116. The predicted octanol–water partition coefficient (Wildman–Crippen LogP) is 3.13. The van der Waals surface area contributed by atoms with E-state index in [9.17, 15) is 19.8 Å². The van der Waals surface area contributed by atoms with Gasteiger partial charge in [0.2, 0.25) is 0 Å². The number of methoxy groups -OCH3 is 1. The van der Waals surface area contributed by atoms with Gasteiger partial charge in [-0.05, 0) is 17.7 Å². The van der Waals surface area contributed by atoms with E-state index in [-0.39, 0.29) is 47.2 Å². The molecule has 2 N–H and O–H groups in total. The van der Waals surface area contributed by atoms with Crippen molar-refractivity contribution in [2.45, 2.75) is 25.9 Å². The first-order valence-electron chi connectivity index (χ1n) is 8.07. The molecule has 3 rings (SSSR count). The molecule has 1 unspecified atom stereocenters. The summed E-state index contributed by atoms with van der Waals surface area (Å²) in [4.78, 5) is 24.0. The van der Waals surface area contributed by atoms with Crippen LogP contribution in [0, 0.1) is 0 Å². The van der Waals surface area contributed by atoms with Crippen LogP contribution in [-0.2, 0) is 4.79 Å². The molecule has 136 valence electrons. The van der Waals surface area contributed by atoms with E-state index in [0.29, 0.717) is 11.3 Å². The second-order valence-electron chi connectivity index (χ2n) is 5.81. The molecule has 2 aromatic carbocycles. The average molecular weight is 358 g/mol. The highest BCUT2D eigenvalue weighted by molar-refractivity contribution is 6.02.